The Morgan fingerprint density at radius 1 is 1.55 bits per heavy atom. The minimum atomic E-state index is -0.445. The minimum Gasteiger partial charge on any atom is -0.355 e. The number of carbonyl (C=O) groups excluding carboxylic acids is 1. The monoisotopic (exact) mass is 281 g/mol. The van der Waals surface area contributed by atoms with E-state index in [0.29, 0.717) is 12.1 Å². The van der Waals surface area contributed by atoms with Crippen LogP contribution in [0.1, 0.15) is 31.9 Å². The van der Waals surface area contributed by atoms with Crippen LogP contribution in [0.15, 0.2) is 0 Å². The fraction of sp³-hybridized carbons (Fsp3) is 0.667. The Kier molecular flexibility index (Phi) is 4.21. The van der Waals surface area contributed by atoms with Crippen LogP contribution >= 0.6 is 0 Å². The number of rotatable bonds is 7. The molecule has 1 heterocycles. The maximum Gasteiger partial charge on any atom is 0.334 e. The summed E-state index contributed by atoms with van der Waals surface area (Å²) in [5, 5.41) is 21.0. The number of carbonyl (C=O) groups is 1. The molecule has 0 spiro atoms. The summed E-state index contributed by atoms with van der Waals surface area (Å²) >= 11 is 0. The number of amides is 1. The first-order valence-electron chi connectivity index (χ1n) is 6.76. The summed E-state index contributed by atoms with van der Waals surface area (Å²) in [6, 6.07) is 0.279. The molecule has 0 atom stereocenters. The third-order valence-corrected chi connectivity index (χ3v) is 3.12. The number of aryl methyl sites for hydroxylation is 2. The van der Waals surface area contributed by atoms with Gasteiger partial charge in [0.05, 0.1) is 11.5 Å². The summed E-state index contributed by atoms with van der Waals surface area (Å²) in [5.74, 6) is 0.129. The number of nitro groups is 1. The third-order valence-electron chi connectivity index (χ3n) is 3.12. The molecule has 1 aromatic rings. The fourth-order valence-electron chi connectivity index (χ4n) is 2.03. The molecule has 0 aromatic carbocycles. The quantitative estimate of drug-likeness (QED) is 0.572. The number of aromatic nitrogens is 2. The standard InChI is InChI=1S/C12H19N5O3/c1-3-4-9-11(17(19)20)12(16(2)15-9)13-7-10(18)14-8-5-6-8/h8,13H,3-7H2,1-2H3,(H,14,18). The summed E-state index contributed by atoms with van der Waals surface area (Å²) in [5.41, 5.74) is 0.415. The predicted molar refractivity (Wildman–Crippen MR) is 73.5 cm³/mol. The second-order valence-electron chi connectivity index (χ2n) is 4.97. The summed E-state index contributed by atoms with van der Waals surface area (Å²) in [6.07, 6.45) is 3.34. The largest absolute Gasteiger partial charge is 0.355 e. The van der Waals surface area contributed by atoms with E-state index in [9.17, 15) is 14.9 Å². The van der Waals surface area contributed by atoms with E-state index in [4.69, 9.17) is 0 Å². The molecule has 1 fully saturated rings. The zero-order valence-corrected chi connectivity index (χ0v) is 11.7. The highest BCUT2D eigenvalue weighted by Crippen LogP contribution is 2.28. The number of hydrogen-bond acceptors (Lipinski definition) is 5. The zero-order chi connectivity index (χ0) is 14.7. The van der Waals surface area contributed by atoms with Crippen molar-refractivity contribution in [3.8, 4) is 0 Å². The van der Waals surface area contributed by atoms with Crippen LogP contribution in [0.25, 0.3) is 0 Å². The van der Waals surface area contributed by atoms with Gasteiger partial charge in [-0.15, -0.1) is 0 Å². The van der Waals surface area contributed by atoms with Gasteiger partial charge in [-0.05, 0) is 19.3 Å². The van der Waals surface area contributed by atoms with E-state index in [-0.39, 0.29) is 30.0 Å². The molecule has 2 N–H and O–H groups in total. The molecule has 8 nitrogen and oxygen atoms in total. The lowest BCUT2D eigenvalue weighted by Gasteiger charge is -2.06. The second kappa shape index (κ2) is 5.89. The lowest BCUT2D eigenvalue weighted by Crippen LogP contribution is -2.31. The van der Waals surface area contributed by atoms with Crippen molar-refractivity contribution >= 4 is 17.4 Å². The molecule has 1 aliphatic carbocycles. The van der Waals surface area contributed by atoms with Gasteiger partial charge >= 0.3 is 5.69 Å². The zero-order valence-electron chi connectivity index (χ0n) is 11.7. The van der Waals surface area contributed by atoms with Crippen molar-refractivity contribution in [2.45, 2.75) is 38.6 Å². The number of hydrogen-bond donors (Lipinski definition) is 2. The molecule has 8 heteroatoms. The molecule has 20 heavy (non-hydrogen) atoms. The highest BCUT2D eigenvalue weighted by Gasteiger charge is 2.27. The molecule has 0 bridgehead atoms. The average molecular weight is 281 g/mol. The number of nitrogens with one attached hydrogen (secondary N) is 2. The second-order valence-corrected chi connectivity index (χ2v) is 4.97. The highest BCUT2D eigenvalue weighted by atomic mass is 16.6. The van der Waals surface area contributed by atoms with Gasteiger partial charge in [-0.25, -0.2) is 4.68 Å². The van der Waals surface area contributed by atoms with Crippen LogP contribution in [0.4, 0.5) is 11.5 Å². The van der Waals surface area contributed by atoms with Crippen LogP contribution in [-0.4, -0.2) is 33.2 Å². The lowest BCUT2D eigenvalue weighted by atomic mass is 10.2. The van der Waals surface area contributed by atoms with E-state index in [1.54, 1.807) is 7.05 Å². The molecule has 0 radical (unpaired) electrons. The van der Waals surface area contributed by atoms with Gasteiger partial charge in [0.25, 0.3) is 0 Å². The van der Waals surface area contributed by atoms with Gasteiger partial charge in [-0.3, -0.25) is 14.9 Å². The summed E-state index contributed by atoms with van der Waals surface area (Å²) in [6.45, 7) is 1.96. The first kappa shape index (κ1) is 14.3. The first-order valence-corrected chi connectivity index (χ1v) is 6.76. The van der Waals surface area contributed by atoms with E-state index in [1.807, 2.05) is 6.92 Å². The van der Waals surface area contributed by atoms with E-state index in [2.05, 4.69) is 15.7 Å². The van der Waals surface area contributed by atoms with Crippen molar-refractivity contribution in [3.05, 3.63) is 15.8 Å². The molecular weight excluding hydrogens is 262 g/mol. The van der Waals surface area contributed by atoms with Crippen molar-refractivity contribution in [1.29, 1.82) is 0 Å². The van der Waals surface area contributed by atoms with Crippen molar-refractivity contribution in [2.75, 3.05) is 11.9 Å². The van der Waals surface area contributed by atoms with E-state index in [1.165, 1.54) is 4.68 Å². The van der Waals surface area contributed by atoms with Crippen molar-refractivity contribution in [3.63, 3.8) is 0 Å². The SMILES string of the molecule is CCCc1nn(C)c(NCC(=O)NC2CC2)c1[N+](=O)[O-]. The Labute approximate surface area is 116 Å². The first-order chi connectivity index (χ1) is 9.52. The molecule has 1 saturated carbocycles. The Bertz CT molecular complexity index is 521. The smallest absolute Gasteiger partial charge is 0.334 e. The lowest BCUT2D eigenvalue weighted by molar-refractivity contribution is -0.384. The average Bonchev–Trinajstić information content (AvgIpc) is 3.11. The van der Waals surface area contributed by atoms with Gasteiger partial charge in [0.1, 0.15) is 5.69 Å². The maximum absolute atomic E-state index is 11.6. The molecule has 0 unspecified atom stereocenters. The normalized spacial score (nSPS) is 14.1. The highest BCUT2D eigenvalue weighted by molar-refractivity contribution is 5.81. The van der Waals surface area contributed by atoms with Gasteiger partial charge in [-0.2, -0.15) is 5.10 Å². The Morgan fingerprint density at radius 3 is 2.80 bits per heavy atom. The van der Waals surface area contributed by atoms with Gasteiger partial charge in [0.15, 0.2) is 0 Å². The molecular formula is C12H19N5O3. The van der Waals surface area contributed by atoms with Crippen LogP contribution in [0, 0.1) is 10.1 Å². The van der Waals surface area contributed by atoms with Crippen LogP contribution in [0.5, 0.6) is 0 Å². The Morgan fingerprint density at radius 2 is 2.25 bits per heavy atom. The van der Waals surface area contributed by atoms with Crippen molar-refractivity contribution < 1.29 is 9.72 Å². The van der Waals surface area contributed by atoms with Gasteiger partial charge < -0.3 is 10.6 Å². The maximum atomic E-state index is 11.6. The van der Waals surface area contributed by atoms with E-state index >= 15 is 0 Å². The molecule has 1 amide bonds. The van der Waals surface area contributed by atoms with Crippen LogP contribution in [-0.2, 0) is 18.3 Å². The molecule has 0 aliphatic heterocycles. The van der Waals surface area contributed by atoms with Gasteiger partial charge in [0.2, 0.25) is 11.7 Å². The number of nitrogens with zero attached hydrogens (tertiary/aromatic N) is 3. The topological polar surface area (TPSA) is 102 Å². The molecule has 1 aliphatic rings. The minimum absolute atomic E-state index is 0.0163. The van der Waals surface area contributed by atoms with Crippen molar-refractivity contribution in [2.24, 2.45) is 7.05 Å². The molecule has 2 rings (SSSR count). The van der Waals surface area contributed by atoms with E-state index < -0.39 is 4.92 Å². The Balaban J connectivity index is 2.08. The molecule has 110 valence electrons. The van der Waals surface area contributed by atoms with E-state index in [0.717, 1.165) is 19.3 Å². The van der Waals surface area contributed by atoms with Gasteiger partial charge in [0, 0.05) is 13.1 Å². The van der Waals surface area contributed by atoms with Crippen LogP contribution in [0.2, 0.25) is 0 Å². The fourth-order valence-corrected chi connectivity index (χ4v) is 2.03. The van der Waals surface area contributed by atoms with Gasteiger partial charge in [-0.1, -0.05) is 13.3 Å². The molecule has 0 saturated heterocycles. The predicted octanol–water partition coefficient (Wildman–Crippen LogP) is 0.971. The Hall–Kier alpha value is -2.12. The number of anilines is 1. The third kappa shape index (κ3) is 3.25. The van der Waals surface area contributed by atoms with Crippen molar-refractivity contribution in [1.82, 2.24) is 15.1 Å². The summed E-state index contributed by atoms with van der Waals surface area (Å²) in [4.78, 5) is 22.3. The summed E-state index contributed by atoms with van der Waals surface area (Å²) in [7, 11) is 1.63. The van der Waals surface area contributed by atoms with Crippen LogP contribution < -0.4 is 10.6 Å². The summed E-state index contributed by atoms with van der Waals surface area (Å²) < 4.78 is 1.42. The molecule has 1 aromatic heterocycles. The van der Waals surface area contributed by atoms with Crippen LogP contribution in [0.3, 0.4) is 0 Å².